The minimum Gasteiger partial charge on any atom is -0.309 e. The summed E-state index contributed by atoms with van der Waals surface area (Å²) in [6.45, 7) is 3.68. The van der Waals surface area contributed by atoms with E-state index in [4.69, 9.17) is 0 Å². The third-order valence-corrected chi connectivity index (χ3v) is 5.84. The molecule has 0 amide bonds. The van der Waals surface area contributed by atoms with Gasteiger partial charge in [-0.1, -0.05) is 69.4 Å². The van der Waals surface area contributed by atoms with Crippen molar-refractivity contribution in [1.29, 1.82) is 0 Å². The van der Waals surface area contributed by atoms with Gasteiger partial charge in [-0.25, -0.2) is 0 Å². The largest absolute Gasteiger partial charge is 0.309 e. The average molecular weight is 285 g/mol. The van der Waals surface area contributed by atoms with Crippen molar-refractivity contribution in [2.24, 2.45) is 11.3 Å². The number of hydrogen-bond donors (Lipinski definition) is 1. The summed E-state index contributed by atoms with van der Waals surface area (Å²) in [7, 11) is 0. The summed E-state index contributed by atoms with van der Waals surface area (Å²) in [6.07, 6.45) is 12.8. The van der Waals surface area contributed by atoms with Crippen LogP contribution in [0, 0.1) is 11.3 Å². The van der Waals surface area contributed by atoms with Crippen LogP contribution >= 0.6 is 0 Å². The van der Waals surface area contributed by atoms with Gasteiger partial charge in [0, 0.05) is 12.6 Å². The van der Waals surface area contributed by atoms with Crippen LogP contribution in [-0.4, -0.2) is 6.54 Å². The van der Waals surface area contributed by atoms with E-state index in [2.05, 4.69) is 42.6 Å². The molecule has 1 unspecified atom stereocenters. The SMILES string of the molecule is CC1(CNC(c2ccccc2)C2CCCCC2)CCCC1. The molecule has 1 N–H and O–H groups in total. The smallest absolute Gasteiger partial charge is 0.0348 e. The Morgan fingerprint density at radius 1 is 1.00 bits per heavy atom. The first kappa shape index (κ1) is 15.1. The van der Waals surface area contributed by atoms with Crippen LogP contribution in [0.1, 0.15) is 76.3 Å². The van der Waals surface area contributed by atoms with Gasteiger partial charge >= 0.3 is 0 Å². The fraction of sp³-hybridized carbons (Fsp3) is 0.700. The molecule has 0 aliphatic heterocycles. The standard InChI is InChI=1S/C20H31N/c1-20(14-8-9-15-20)16-21-19(17-10-4-2-5-11-17)18-12-6-3-7-13-18/h2,4-5,10-11,18-19,21H,3,6-9,12-16H2,1H3. The van der Waals surface area contributed by atoms with Gasteiger partial charge in [-0.05, 0) is 42.6 Å². The molecule has 116 valence electrons. The van der Waals surface area contributed by atoms with Crippen LogP contribution in [0.4, 0.5) is 0 Å². The van der Waals surface area contributed by atoms with Crippen molar-refractivity contribution < 1.29 is 0 Å². The summed E-state index contributed by atoms with van der Waals surface area (Å²) < 4.78 is 0. The maximum Gasteiger partial charge on any atom is 0.0348 e. The maximum absolute atomic E-state index is 3.99. The molecule has 1 aromatic carbocycles. The molecule has 2 aliphatic carbocycles. The molecule has 3 rings (SSSR count). The molecule has 0 spiro atoms. The highest BCUT2D eigenvalue weighted by Crippen LogP contribution is 2.39. The zero-order chi connectivity index (χ0) is 14.5. The summed E-state index contributed by atoms with van der Waals surface area (Å²) in [4.78, 5) is 0. The van der Waals surface area contributed by atoms with Crippen LogP contribution in [0.25, 0.3) is 0 Å². The Bertz CT molecular complexity index is 413. The van der Waals surface area contributed by atoms with Gasteiger partial charge in [0.2, 0.25) is 0 Å². The van der Waals surface area contributed by atoms with Crippen molar-refractivity contribution in [2.45, 2.75) is 70.8 Å². The fourth-order valence-electron chi connectivity index (χ4n) is 4.45. The van der Waals surface area contributed by atoms with Gasteiger partial charge < -0.3 is 5.32 Å². The van der Waals surface area contributed by atoms with E-state index in [1.807, 2.05) is 0 Å². The number of hydrogen-bond acceptors (Lipinski definition) is 1. The van der Waals surface area contributed by atoms with Crippen LogP contribution in [-0.2, 0) is 0 Å². The van der Waals surface area contributed by atoms with Gasteiger partial charge in [-0.2, -0.15) is 0 Å². The summed E-state index contributed by atoms with van der Waals surface area (Å²) in [5, 5.41) is 3.99. The van der Waals surface area contributed by atoms with Crippen LogP contribution in [0.3, 0.4) is 0 Å². The summed E-state index contributed by atoms with van der Waals surface area (Å²) in [5.41, 5.74) is 2.05. The Balaban J connectivity index is 1.69. The molecule has 1 aromatic rings. The van der Waals surface area contributed by atoms with Crippen LogP contribution < -0.4 is 5.32 Å². The minimum atomic E-state index is 0.543. The monoisotopic (exact) mass is 285 g/mol. The highest BCUT2D eigenvalue weighted by atomic mass is 14.9. The zero-order valence-electron chi connectivity index (χ0n) is 13.6. The molecule has 0 saturated heterocycles. The minimum absolute atomic E-state index is 0.543. The molecule has 0 aromatic heterocycles. The lowest BCUT2D eigenvalue weighted by Crippen LogP contribution is -2.36. The Hall–Kier alpha value is -0.820. The van der Waals surface area contributed by atoms with Crippen LogP contribution in [0.15, 0.2) is 30.3 Å². The molecule has 0 radical (unpaired) electrons. The van der Waals surface area contributed by atoms with Crippen LogP contribution in [0.2, 0.25) is 0 Å². The van der Waals surface area contributed by atoms with Crippen molar-refractivity contribution in [3.8, 4) is 0 Å². The highest BCUT2D eigenvalue weighted by molar-refractivity contribution is 5.20. The molecular weight excluding hydrogens is 254 g/mol. The third kappa shape index (κ3) is 3.88. The molecular formula is C20H31N. The van der Waals surface area contributed by atoms with E-state index in [0.29, 0.717) is 11.5 Å². The Labute approximate surface area is 130 Å². The Morgan fingerprint density at radius 3 is 2.33 bits per heavy atom. The van der Waals surface area contributed by atoms with Gasteiger partial charge in [0.15, 0.2) is 0 Å². The number of nitrogens with one attached hydrogen (secondary N) is 1. The molecule has 1 atom stereocenters. The van der Waals surface area contributed by atoms with E-state index in [0.717, 1.165) is 5.92 Å². The Morgan fingerprint density at radius 2 is 1.67 bits per heavy atom. The first-order valence-corrected chi connectivity index (χ1v) is 9.05. The average Bonchev–Trinajstić information content (AvgIpc) is 2.97. The topological polar surface area (TPSA) is 12.0 Å². The van der Waals surface area contributed by atoms with Gasteiger partial charge in [-0.3, -0.25) is 0 Å². The second-order valence-electron chi connectivity index (χ2n) is 7.69. The summed E-state index contributed by atoms with van der Waals surface area (Å²) in [6, 6.07) is 11.8. The second-order valence-corrected chi connectivity index (χ2v) is 7.69. The van der Waals surface area contributed by atoms with E-state index >= 15 is 0 Å². The zero-order valence-corrected chi connectivity index (χ0v) is 13.6. The molecule has 21 heavy (non-hydrogen) atoms. The summed E-state index contributed by atoms with van der Waals surface area (Å²) in [5.74, 6) is 0.839. The lowest BCUT2D eigenvalue weighted by Gasteiger charge is -2.34. The molecule has 2 fully saturated rings. The lowest BCUT2D eigenvalue weighted by atomic mass is 9.80. The molecule has 2 saturated carbocycles. The quantitative estimate of drug-likeness (QED) is 0.755. The highest BCUT2D eigenvalue weighted by Gasteiger charge is 2.31. The fourth-order valence-corrected chi connectivity index (χ4v) is 4.45. The van der Waals surface area contributed by atoms with E-state index in [9.17, 15) is 0 Å². The second kappa shape index (κ2) is 6.96. The molecule has 1 heteroatoms. The van der Waals surface area contributed by atoms with Crippen LogP contribution in [0.5, 0.6) is 0 Å². The van der Waals surface area contributed by atoms with Gasteiger partial charge in [0.05, 0.1) is 0 Å². The molecule has 0 bridgehead atoms. The first-order chi connectivity index (χ1) is 10.3. The van der Waals surface area contributed by atoms with E-state index in [-0.39, 0.29) is 0 Å². The van der Waals surface area contributed by atoms with E-state index < -0.39 is 0 Å². The van der Waals surface area contributed by atoms with Crippen molar-refractivity contribution in [3.63, 3.8) is 0 Å². The predicted octanol–water partition coefficient (Wildman–Crippen LogP) is 5.48. The Kier molecular flexibility index (Phi) is 5.00. The number of benzene rings is 1. The van der Waals surface area contributed by atoms with Gasteiger partial charge in [0.25, 0.3) is 0 Å². The first-order valence-electron chi connectivity index (χ1n) is 9.05. The van der Waals surface area contributed by atoms with E-state index in [1.165, 1.54) is 69.9 Å². The van der Waals surface area contributed by atoms with Gasteiger partial charge in [0.1, 0.15) is 0 Å². The third-order valence-electron chi connectivity index (χ3n) is 5.84. The van der Waals surface area contributed by atoms with Crippen molar-refractivity contribution in [3.05, 3.63) is 35.9 Å². The van der Waals surface area contributed by atoms with Gasteiger partial charge in [-0.15, -0.1) is 0 Å². The van der Waals surface area contributed by atoms with Crippen molar-refractivity contribution >= 4 is 0 Å². The maximum atomic E-state index is 3.99. The molecule has 1 nitrogen and oxygen atoms in total. The summed E-state index contributed by atoms with van der Waals surface area (Å²) >= 11 is 0. The van der Waals surface area contributed by atoms with Crippen molar-refractivity contribution in [2.75, 3.05) is 6.54 Å². The normalized spacial score (nSPS) is 24.0. The van der Waals surface area contributed by atoms with E-state index in [1.54, 1.807) is 0 Å². The molecule has 0 heterocycles. The number of rotatable bonds is 5. The predicted molar refractivity (Wildman–Crippen MR) is 90.3 cm³/mol. The molecule has 2 aliphatic rings. The lowest BCUT2D eigenvalue weighted by molar-refractivity contribution is 0.231. The van der Waals surface area contributed by atoms with Crippen molar-refractivity contribution in [1.82, 2.24) is 5.32 Å².